The van der Waals surface area contributed by atoms with Crippen LogP contribution < -0.4 is 21.5 Å². The van der Waals surface area contributed by atoms with Crippen molar-refractivity contribution in [1.82, 2.24) is 19.9 Å². The first-order chi connectivity index (χ1) is 16.6. The van der Waals surface area contributed by atoms with E-state index in [0.717, 1.165) is 0 Å². The number of rotatable bonds is 10. The maximum Gasteiger partial charge on any atom is 0.326 e. The van der Waals surface area contributed by atoms with E-state index in [9.17, 15) is 24.3 Å². The molecule has 12 heteroatoms. The van der Waals surface area contributed by atoms with Crippen molar-refractivity contribution in [3.63, 3.8) is 0 Å². The summed E-state index contributed by atoms with van der Waals surface area (Å²) in [5, 5.41) is 20.7. The van der Waals surface area contributed by atoms with Gasteiger partial charge in [0.05, 0.1) is 11.9 Å². The van der Waals surface area contributed by atoms with Gasteiger partial charge in [-0.3, -0.25) is 19.4 Å². The quantitative estimate of drug-likeness (QED) is 0.258. The van der Waals surface area contributed by atoms with Gasteiger partial charge in [0.25, 0.3) is 11.5 Å². The van der Waals surface area contributed by atoms with E-state index in [4.69, 9.17) is 17.3 Å². The average Bonchev–Trinajstić information content (AvgIpc) is 3.11. The number of aryl methyl sites for hydroxylation is 1. The Morgan fingerprint density at radius 3 is 2.57 bits per heavy atom. The molecule has 35 heavy (non-hydrogen) atoms. The number of carboxylic acid groups (broad SMARTS) is 2. The predicted molar refractivity (Wildman–Crippen MR) is 128 cm³/mol. The lowest BCUT2D eigenvalue weighted by Crippen LogP contribution is -2.41. The van der Waals surface area contributed by atoms with Crippen molar-refractivity contribution < 1.29 is 24.6 Å². The number of amides is 1. The number of fused-ring (bicyclic) bond motifs is 1. The number of hydrogen-bond acceptors (Lipinski definition) is 7. The van der Waals surface area contributed by atoms with Gasteiger partial charge >= 0.3 is 11.9 Å². The summed E-state index contributed by atoms with van der Waals surface area (Å²) in [5.41, 5.74) is 7.25. The van der Waals surface area contributed by atoms with Crippen molar-refractivity contribution in [1.29, 1.82) is 0 Å². The molecule has 0 aliphatic carbocycles. The number of hydrogen-bond donors (Lipinski definition) is 5. The Kier molecular flexibility index (Phi) is 7.40. The summed E-state index contributed by atoms with van der Waals surface area (Å²) < 4.78 is 1.70. The Morgan fingerprint density at radius 1 is 1.29 bits per heavy atom. The van der Waals surface area contributed by atoms with Gasteiger partial charge in [-0.25, -0.2) is 4.79 Å². The molecule has 3 aromatic rings. The highest BCUT2D eigenvalue weighted by atomic mass is 16.4. The zero-order valence-electron chi connectivity index (χ0n) is 18.8. The molecule has 1 atom stereocenters. The molecule has 1 amide bonds. The highest BCUT2D eigenvalue weighted by Crippen LogP contribution is 2.22. The summed E-state index contributed by atoms with van der Waals surface area (Å²) in [6.07, 6.45) is 6.68. The number of benzene rings is 1. The number of nitrogens with one attached hydrogen (secondary N) is 2. The second-order valence-corrected chi connectivity index (χ2v) is 7.82. The minimum absolute atomic E-state index is 0.0118. The van der Waals surface area contributed by atoms with Crippen LogP contribution in [0.25, 0.3) is 11.0 Å². The normalized spacial score (nSPS) is 11.5. The number of aliphatic carboxylic acids is 2. The van der Waals surface area contributed by atoms with Crippen molar-refractivity contribution in [3.05, 3.63) is 51.9 Å². The molecule has 0 aliphatic heterocycles. The molecule has 3 rings (SSSR count). The minimum atomic E-state index is -1.33. The fraction of sp³-hybridized carbons (Fsp3) is 0.261. The SMILES string of the molecule is C#CCN(Cc1cn(C)c2nc(N)[nH]c(=O)c12)c1ccc(C(=O)N[C@@H](CCC(=O)O)C(=O)O)cc1. The van der Waals surface area contributed by atoms with E-state index in [1.54, 1.807) is 29.9 Å². The third-order valence-electron chi connectivity index (χ3n) is 5.31. The number of aromatic nitrogens is 3. The number of nitrogens with two attached hydrogens (primary N) is 1. The van der Waals surface area contributed by atoms with Crippen molar-refractivity contribution in [3.8, 4) is 12.3 Å². The monoisotopic (exact) mass is 480 g/mol. The zero-order chi connectivity index (χ0) is 25.7. The van der Waals surface area contributed by atoms with Gasteiger partial charge in [0.15, 0.2) is 0 Å². The van der Waals surface area contributed by atoms with Gasteiger partial charge in [-0.05, 0) is 30.7 Å². The molecule has 2 heterocycles. The molecule has 0 saturated heterocycles. The van der Waals surface area contributed by atoms with E-state index in [0.29, 0.717) is 22.3 Å². The third kappa shape index (κ3) is 5.77. The summed E-state index contributed by atoms with van der Waals surface area (Å²) in [6, 6.07) is 4.96. The van der Waals surface area contributed by atoms with Crippen LogP contribution in [-0.4, -0.2) is 55.2 Å². The molecular formula is C23H24N6O6. The van der Waals surface area contributed by atoms with Gasteiger partial charge in [0, 0.05) is 43.0 Å². The Hall–Kier alpha value is -4.79. The molecule has 0 saturated carbocycles. The van der Waals surface area contributed by atoms with Crippen molar-refractivity contribution in [2.45, 2.75) is 25.4 Å². The molecule has 0 bridgehead atoms. The van der Waals surface area contributed by atoms with E-state index in [2.05, 4.69) is 21.2 Å². The molecule has 0 aliphatic rings. The van der Waals surface area contributed by atoms with Crippen LogP contribution in [0.4, 0.5) is 11.6 Å². The van der Waals surface area contributed by atoms with E-state index in [1.807, 2.05) is 4.90 Å². The van der Waals surface area contributed by atoms with Gasteiger partial charge in [-0.15, -0.1) is 6.42 Å². The number of terminal acetylenes is 1. The molecule has 0 spiro atoms. The molecule has 182 valence electrons. The van der Waals surface area contributed by atoms with Crippen LogP contribution in [0.3, 0.4) is 0 Å². The molecule has 0 radical (unpaired) electrons. The second-order valence-electron chi connectivity index (χ2n) is 7.82. The number of nitrogen functional groups attached to an aromatic ring is 1. The lowest BCUT2D eigenvalue weighted by molar-refractivity contribution is -0.140. The fourth-order valence-electron chi connectivity index (χ4n) is 3.65. The molecule has 0 unspecified atom stereocenters. The van der Waals surface area contributed by atoms with Gasteiger partial charge in [0.1, 0.15) is 11.7 Å². The van der Waals surface area contributed by atoms with Gasteiger partial charge in [-0.2, -0.15) is 4.98 Å². The smallest absolute Gasteiger partial charge is 0.326 e. The van der Waals surface area contributed by atoms with Crippen LogP contribution in [0.1, 0.15) is 28.8 Å². The number of H-pyrrole nitrogens is 1. The Bertz CT molecular complexity index is 1370. The fourth-order valence-corrected chi connectivity index (χ4v) is 3.65. The van der Waals surface area contributed by atoms with Crippen LogP contribution in [0.2, 0.25) is 0 Å². The number of carboxylic acids is 2. The molecular weight excluding hydrogens is 456 g/mol. The average molecular weight is 480 g/mol. The number of anilines is 2. The van der Waals surface area contributed by atoms with Crippen LogP contribution >= 0.6 is 0 Å². The van der Waals surface area contributed by atoms with Crippen molar-refractivity contribution in [2.75, 3.05) is 17.2 Å². The molecule has 0 fully saturated rings. The lowest BCUT2D eigenvalue weighted by atomic mass is 10.1. The summed E-state index contributed by atoms with van der Waals surface area (Å²) in [7, 11) is 1.75. The standard InChI is InChI=1S/C23H24N6O6/c1-3-10-29(12-14-11-28(2)19-18(14)21(33)27-23(24)26-19)15-6-4-13(5-7-15)20(32)25-16(22(34)35)8-9-17(30)31/h1,4-7,11,16H,8-10,12H2,2H3,(H,25,32)(H,30,31)(H,34,35)(H3,24,26,27,33)/t16-/m0/s1. The third-order valence-corrected chi connectivity index (χ3v) is 5.31. The number of aromatic amines is 1. The first-order valence-corrected chi connectivity index (χ1v) is 10.5. The zero-order valence-corrected chi connectivity index (χ0v) is 18.8. The first kappa shape index (κ1) is 24.8. The van der Waals surface area contributed by atoms with E-state index < -0.39 is 30.3 Å². The van der Waals surface area contributed by atoms with E-state index >= 15 is 0 Å². The van der Waals surface area contributed by atoms with Crippen molar-refractivity contribution in [2.24, 2.45) is 7.05 Å². The summed E-state index contributed by atoms with van der Waals surface area (Å²) >= 11 is 0. The Morgan fingerprint density at radius 2 is 1.97 bits per heavy atom. The van der Waals surface area contributed by atoms with E-state index in [1.165, 1.54) is 12.1 Å². The van der Waals surface area contributed by atoms with Gasteiger partial charge in [-0.1, -0.05) is 5.92 Å². The Labute approximate surface area is 199 Å². The summed E-state index contributed by atoms with van der Waals surface area (Å²) in [5.74, 6) is -0.548. The summed E-state index contributed by atoms with van der Waals surface area (Å²) in [4.78, 5) is 55.5. The predicted octanol–water partition coefficient (Wildman–Crippen LogP) is 0.531. The minimum Gasteiger partial charge on any atom is -0.481 e. The molecule has 1 aromatic carbocycles. The van der Waals surface area contributed by atoms with Gasteiger partial charge < -0.3 is 30.7 Å². The van der Waals surface area contributed by atoms with Gasteiger partial charge in [0.2, 0.25) is 5.95 Å². The second kappa shape index (κ2) is 10.4. The molecule has 6 N–H and O–H groups in total. The maximum atomic E-state index is 12.5. The van der Waals surface area contributed by atoms with Crippen LogP contribution in [0.5, 0.6) is 0 Å². The highest BCUT2D eigenvalue weighted by molar-refractivity contribution is 5.97. The number of nitrogens with zero attached hydrogens (tertiary/aromatic N) is 3. The lowest BCUT2D eigenvalue weighted by Gasteiger charge is -2.22. The van der Waals surface area contributed by atoms with Crippen LogP contribution in [0.15, 0.2) is 35.3 Å². The number of carbonyl (C=O) groups is 3. The van der Waals surface area contributed by atoms with Crippen LogP contribution in [-0.2, 0) is 23.2 Å². The van der Waals surface area contributed by atoms with Crippen LogP contribution in [0, 0.1) is 12.3 Å². The number of carbonyl (C=O) groups excluding carboxylic acids is 1. The largest absolute Gasteiger partial charge is 0.481 e. The van der Waals surface area contributed by atoms with E-state index in [-0.39, 0.29) is 36.6 Å². The molecule has 12 nitrogen and oxygen atoms in total. The topological polar surface area (TPSA) is 184 Å². The Balaban J connectivity index is 1.81. The summed E-state index contributed by atoms with van der Waals surface area (Å²) in [6.45, 7) is 0.483. The first-order valence-electron chi connectivity index (χ1n) is 10.5. The highest BCUT2D eigenvalue weighted by Gasteiger charge is 2.22. The molecule has 2 aromatic heterocycles. The van der Waals surface area contributed by atoms with Crippen molar-refractivity contribution >= 4 is 40.5 Å². The maximum absolute atomic E-state index is 12.5.